The Morgan fingerprint density at radius 1 is 1.06 bits per heavy atom. The van der Waals surface area contributed by atoms with Gasteiger partial charge in [0.2, 0.25) is 0 Å². The van der Waals surface area contributed by atoms with Crippen LogP contribution in [0.5, 0.6) is 11.5 Å². The number of carbonyl (C=O) groups is 2. The van der Waals surface area contributed by atoms with E-state index >= 15 is 0 Å². The number of rotatable bonds is 6. The number of fused-ring (bicyclic) bond motifs is 4. The van der Waals surface area contributed by atoms with Gasteiger partial charge >= 0.3 is 5.97 Å². The van der Waals surface area contributed by atoms with Crippen LogP contribution in [-0.2, 0) is 14.3 Å². The summed E-state index contributed by atoms with van der Waals surface area (Å²) in [5.74, 6) is 0.668. The number of nitrogens with one attached hydrogen (secondary N) is 1. The van der Waals surface area contributed by atoms with Gasteiger partial charge in [-0.05, 0) is 58.9 Å². The van der Waals surface area contributed by atoms with E-state index < -0.39 is 5.97 Å². The lowest BCUT2D eigenvalue weighted by atomic mass is 9.68. The Hall–Kier alpha value is -3.80. The highest BCUT2D eigenvalue weighted by Gasteiger charge is 2.41. The Bertz CT molecular complexity index is 1390. The lowest BCUT2D eigenvalue weighted by Crippen LogP contribution is -2.33. The number of methoxy groups -OCH3 is 1. The topological polar surface area (TPSA) is 73.9 Å². The van der Waals surface area contributed by atoms with E-state index in [1.807, 2.05) is 24.3 Å². The van der Waals surface area contributed by atoms with E-state index in [-0.39, 0.29) is 23.8 Å². The SMILES string of the molecule is CCOC(=O)COc1ccc([C@@H]2Nc3ccc4ccccc4c3C3=C2C(=O)CC(C)(C)C3)cc1OC. The molecule has 0 unspecified atom stereocenters. The lowest BCUT2D eigenvalue weighted by molar-refractivity contribution is -0.145. The number of esters is 1. The van der Waals surface area contributed by atoms with Gasteiger partial charge in [0.05, 0.1) is 19.8 Å². The normalized spacial score (nSPS) is 18.2. The summed E-state index contributed by atoms with van der Waals surface area (Å²) in [6, 6.07) is 17.8. The van der Waals surface area contributed by atoms with Crippen molar-refractivity contribution < 1.29 is 23.8 Å². The zero-order valence-electron chi connectivity index (χ0n) is 21.1. The average Bonchev–Trinajstić information content (AvgIpc) is 2.86. The fourth-order valence-electron chi connectivity index (χ4n) is 5.41. The van der Waals surface area contributed by atoms with Crippen molar-refractivity contribution in [2.75, 3.05) is 25.6 Å². The highest BCUT2D eigenvalue weighted by molar-refractivity contribution is 6.12. The van der Waals surface area contributed by atoms with Gasteiger partial charge in [0.1, 0.15) is 0 Å². The van der Waals surface area contributed by atoms with Crippen LogP contribution in [0.25, 0.3) is 16.3 Å². The first-order valence-corrected chi connectivity index (χ1v) is 12.3. The summed E-state index contributed by atoms with van der Waals surface area (Å²) in [7, 11) is 1.56. The van der Waals surface area contributed by atoms with Crippen LogP contribution in [0.15, 0.2) is 60.2 Å². The average molecular weight is 486 g/mol. The molecule has 0 saturated heterocycles. The van der Waals surface area contributed by atoms with Crippen molar-refractivity contribution in [1.29, 1.82) is 0 Å². The van der Waals surface area contributed by atoms with Crippen LogP contribution in [-0.4, -0.2) is 32.1 Å². The third-order valence-corrected chi connectivity index (χ3v) is 6.91. The predicted octanol–water partition coefficient (Wildman–Crippen LogP) is 6.10. The molecular weight excluding hydrogens is 454 g/mol. The maximum absolute atomic E-state index is 13.6. The number of anilines is 1. The predicted molar refractivity (Wildman–Crippen MR) is 140 cm³/mol. The number of ketones is 1. The monoisotopic (exact) mass is 485 g/mol. The van der Waals surface area contributed by atoms with Gasteiger partial charge in [-0.2, -0.15) is 0 Å². The zero-order chi connectivity index (χ0) is 25.4. The van der Waals surface area contributed by atoms with E-state index in [0.29, 0.717) is 24.5 Å². The smallest absolute Gasteiger partial charge is 0.344 e. The molecule has 0 bridgehead atoms. The molecule has 1 aliphatic carbocycles. The lowest BCUT2D eigenvalue weighted by Gasteiger charge is -2.40. The quantitative estimate of drug-likeness (QED) is 0.425. The molecule has 186 valence electrons. The van der Waals surface area contributed by atoms with Crippen LogP contribution in [0.3, 0.4) is 0 Å². The number of allylic oxidation sites excluding steroid dienone is 1. The summed E-state index contributed by atoms with van der Waals surface area (Å²) >= 11 is 0. The molecule has 0 aromatic heterocycles. The summed E-state index contributed by atoms with van der Waals surface area (Å²) in [5, 5.41) is 5.96. The third-order valence-electron chi connectivity index (χ3n) is 6.91. The van der Waals surface area contributed by atoms with Crippen LogP contribution in [0.1, 0.15) is 50.8 Å². The van der Waals surface area contributed by atoms with Crippen molar-refractivity contribution in [3.8, 4) is 11.5 Å². The molecule has 6 nitrogen and oxygen atoms in total. The van der Waals surface area contributed by atoms with E-state index in [2.05, 4.69) is 43.4 Å². The van der Waals surface area contributed by atoms with Crippen molar-refractivity contribution in [2.24, 2.45) is 5.41 Å². The largest absolute Gasteiger partial charge is 0.493 e. The summed E-state index contributed by atoms with van der Waals surface area (Å²) in [6.07, 6.45) is 1.33. The molecule has 0 spiro atoms. The molecule has 0 amide bonds. The van der Waals surface area contributed by atoms with Crippen LogP contribution >= 0.6 is 0 Å². The molecule has 36 heavy (non-hydrogen) atoms. The molecule has 3 aromatic rings. The summed E-state index contributed by atoms with van der Waals surface area (Å²) in [4.78, 5) is 25.4. The maximum Gasteiger partial charge on any atom is 0.344 e. The molecule has 6 heteroatoms. The second-order valence-electron chi connectivity index (χ2n) is 10.1. The standard InChI is InChI=1S/C30H31NO5/c1-5-35-26(33)17-36-24-13-11-19(14-25(24)34-4)29-28-21(15-30(2,3)16-23(28)32)27-20-9-7-6-8-18(20)10-12-22(27)31-29/h6-14,29,31H,5,15-17H2,1-4H3/t29-/m0/s1. The van der Waals surface area contributed by atoms with Gasteiger partial charge in [0.15, 0.2) is 23.9 Å². The summed E-state index contributed by atoms with van der Waals surface area (Å²) in [6.45, 7) is 6.17. The number of hydrogen-bond donors (Lipinski definition) is 1. The number of Topliss-reactive ketones (excluding diaryl/α,β-unsaturated/α-hetero) is 1. The fourth-order valence-corrected chi connectivity index (χ4v) is 5.41. The number of hydrogen-bond acceptors (Lipinski definition) is 6. The molecule has 1 heterocycles. The van der Waals surface area contributed by atoms with E-state index in [4.69, 9.17) is 14.2 Å². The first-order chi connectivity index (χ1) is 17.3. The molecule has 1 aliphatic heterocycles. The van der Waals surface area contributed by atoms with E-state index in [1.54, 1.807) is 20.1 Å². The Balaban J connectivity index is 1.60. The van der Waals surface area contributed by atoms with Gasteiger partial charge in [0.25, 0.3) is 0 Å². The molecule has 0 saturated carbocycles. The number of carbonyl (C=O) groups excluding carboxylic acids is 2. The van der Waals surface area contributed by atoms with E-state index in [9.17, 15) is 9.59 Å². The molecule has 5 rings (SSSR count). The minimum Gasteiger partial charge on any atom is -0.493 e. The Labute approximate surface area is 211 Å². The van der Waals surface area contributed by atoms with Crippen molar-refractivity contribution in [2.45, 2.75) is 39.7 Å². The highest BCUT2D eigenvalue weighted by Crippen LogP contribution is 2.52. The zero-order valence-corrected chi connectivity index (χ0v) is 21.1. The molecule has 1 N–H and O–H groups in total. The van der Waals surface area contributed by atoms with Gasteiger partial charge in [-0.25, -0.2) is 4.79 Å². The van der Waals surface area contributed by atoms with Crippen LogP contribution in [0.2, 0.25) is 0 Å². The van der Waals surface area contributed by atoms with Gasteiger partial charge in [0, 0.05) is 23.2 Å². The molecular formula is C30H31NO5. The molecule has 1 atom stereocenters. The van der Waals surface area contributed by atoms with Crippen molar-refractivity contribution in [3.05, 3.63) is 71.3 Å². The Kier molecular flexibility index (Phi) is 6.20. The molecule has 0 fully saturated rings. The maximum atomic E-state index is 13.6. The van der Waals surface area contributed by atoms with Crippen LogP contribution in [0, 0.1) is 5.41 Å². The van der Waals surface area contributed by atoms with Gasteiger partial charge in [-0.1, -0.05) is 50.2 Å². The molecule has 2 aliphatic rings. The summed E-state index contributed by atoms with van der Waals surface area (Å²) < 4.78 is 16.2. The van der Waals surface area contributed by atoms with Crippen LogP contribution in [0.4, 0.5) is 5.69 Å². The molecule has 0 radical (unpaired) electrons. The second kappa shape index (κ2) is 9.34. The van der Waals surface area contributed by atoms with E-state index in [0.717, 1.165) is 45.2 Å². The number of ether oxygens (including phenoxy) is 3. The minimum atomic E-state index is -0.438. The third kappa shape index (κ3) is 4.32. The van der Waals surface area contributed by atoms with Crippen molar-refractivity contribution in [3.63, 3.8) is 0 Å². The van der Waals surface area contributed by atoms with Crippen molar-refractivity contribution >= 4 is 33.8 Å². The van der Waals surface area contributed by atoms with Gasteiger partial charge in [-0.3, -0.25) is 4.79 Å². The van der Waals surface area contributed by atoms with Crippen LogP contribution < -0.4 is 14.8 Å². The Morgan fingerprint density at radius 3 is 2.64 bits per heavy atom. The van der Waals surface area contributed by atoms with E-state index in [1.165, 1.54) is 0 Å². The van der Waals surface area contributed by atoms with Gasteiger partial charge in [-0.15, -0.1) is 0 Å². The summed E-state index contributed by atoms with van der Waals surface area (Å²) in [5.41, 5.74) is 4.86. The number of benzene rings is 3. The molecule has 3 aromatic carbocycles. The first-order valence-electron chi connectivity index (χ1n) is 12.3. The highest BCUT2D eigenvalue weighted by atomic mass is 16.6. The first kappa shape index (κ1) is 23.9. The minimum absolute atomic E-state index is 0.117. The second-order valence-corrected chi connectivity index (χ2v) is 10.1. The fraction of sp³-hybridized carbons (Fsp3) is 0.333. The van der Waals surface area contributed by atoms with Crippen molar-refractivity contribution in [1.82, 2.24) is 0 Å². The van der Waals surface area contributed by atoms with Gasteiger partial charge < -0.3 is 19.5 Å². The Morgan fingerprint density at radius 2 is 1.86 bits per heavy atom.